The Labute approximate surface area is 114 Å². The van der Waals surface area contributed by atoms with E-state index in [1.54, 1.807) is 18.4 Å². The molecule has 1 aromatic heterocycles. The number of rotatable bonds is 7. The van der Waals surface area contributed by atoms with E-state index in [1.165, 1.54) is 4.88 Å². The van der Waals surface area contributed by atoms with Crippen molar-refractivity contribution in [1.82, 2.24) is 10.6 Å². The Morgan fingerprint density at radius 3 is 2.94 bits per heavy atom. The molecular weight excluding hydrogens is 304 g/mol. The Morgan fingerprint density at radius 1 is 1.59 bits per heavy atom. The summed E-state index contributed by atoms with van der Waals surface area (Å²) in [6, 6.07) is 4.24. The van der Waals surface area contributed by atoms with Gasteiger partial charge in [-0.25, -0.2) is 0 Å². The van der Waals surface area contributed by atoms with Crippen LogP contribution < -0.4 is 10.6 Å². The van der Waals surface area contributed by atoms with Gasteiger partial charge < -0.3 is 15.4 Å². The standard InChI is InChI=1S/C11H17BrN2O2S/c1-8(9-3-4-10(12)17-9)14-7-11(15)13-5-6-16-2/h3-4,8,14H,5-7H2,1-2H3,(H,13,15). The molecule has 0 saturated heterocycles. The van der Waals surface area contributed by atoms with Gasteiger partial charge in [-0.05, 0) is 35.0 Å². The highest BCUT2D eigenvalue weighted by molar-refractivity contribution is 9.11. The van der Waals surface area contributed by atoms with Crippen molar-refractivity contribution < 1.29 is 9.53 Å². The summed E-state index contributed by atoms with van der Waals surface area (Å²) in [7, 11) is 1.61. The Bertz CT molecular complexity index is 357. The molecule has 0 bridgehead atoms. The number of halogens is 1. The Morgan fingerprint density at radius 2 is 2.35 bits per heavy atom. The van der Waals surface area contributed by atoms with Crippen LogP contribution in [0.4, 0.5) is 0 Å². The van der Waals surface area contributed by atoms with Gasteiger partial charge in [0.05, 0.1) is 16.9 Å². The molecule has 1 aromatic rings. The van der Waals surface area contributed by atoms with Crippen molar-refractivity contribution in [2.75, 3.05) is 26.8 Å². The van der Waals surface area contributed by atoms with E-state index in [0.29, 0.717) is 19.7 Å². The summed E-state index contributed by atoms with van der Waals surface area (Å²) in [5.41, 5.74) is 0. The second kappa shape index (κ2) is 7.81. The fourth-order valence-electron chi connectivity index (χ4n) is 1.26. The monoisotopic (exact) mass is 320 g/mol. The molecule has 1 rings (SSSR count). The number of thiophene rings is 1. The minimum absolute atomic E-state index is 0.00970. The van der Waals surface area contributed by atoms with Crippen LogP contribution in [0.25, 0.3) is 0 Å². The molecule has 96 valence electrons. The number of carbonyl (C=O) groups is 1. The average molecular weight is 321 g/mol. The third-order valence-corrected chi connectivity index (χ3v) is 4.02. The van der Waals surface area contributed by atoms with E-state index < -0.39 is 0 Å². The maximum atomic E-state index is 11.4. The molecule has 1 heterocycles. The summed E-state index contributed by atoms with van der Waals surface area (Å²) in [4.78, 5) is 12.6. The van der Waals surface area contributed by atoms with E-state index in [2.05, 4.69) is 32.6 Å². The number of nitrogens with one attached hydrogen (secondary N) is 2. The van der Waals surface area contributed by atoms with Crippen LogP contribution in [-0.4, -0.2) is 32.7 Å². The smallest absolute Gasteiger partial charge is 0.234 e. The summed E-state index contributed by atoms with van der Waals surface area (Å²) in [5, 5.41) is 5.94. The molecule has 17 heavy (non-hydrogen) atoms. The van der Waals surface area contributed by atoms with Crippen LogP contribution in [0.3, 0.4) is 0 Å². The predicted molar refractivity (Wildman–Crippen MR) is 73.3 cm³/mol. The maximum absolute atomic E-state index is 11.4. The van der Waals surface area contributed by atoms with Crippen molar-refractivity contribution in [1.29, 1.82) is 0 Å². The quantitative estimate of drug-likeness (QED) is 0.755. The second-order valence-corrected chi connectivity index (χ2v) is 6.08. The van der Waals surface area contributed by atoms with Crippen molar-refractivity contribution in [3.63, 3.8) is 0 Å². The predicted octanol–water partition coefficient (Wildman–Crippen LogP) is 1.92. The molecule has 0 aliphatic carbocycles. The van der Waals surface area contributed by atoms with Crippen LogP contribution in [-0.2, 0) is 9.53 Å². The molecule has 0 spiro atoms. The number of amides is 1. The first-order chi connectivity index (χ1) is 8.13. The molecule has 4 nitrogen and oxygen atoms in total. The molecule has 0 fully saturated rings. The van der Waals surface area contributed by atoms with Crippen LogP contribution in [0.2, 0.25) is 0 Å². The van der Waals surface area contributed by atoms with Gasteiger partial charge in [-0.1, -0.05) is 0 Å². The van der Waals surface area contributed by atoms with Gasteiger partial charge in [0.15, 0.2) is 0 Å². The highest BCUT2D eigenvalue weighted by Gasteiger charge is 2.09. The lowest BCUT2D eigenvalue weighted by Crippen LogP contribution is -2.36. The third-order valence-electron chi connectivity index (χ3n) is 2.22. The van der Waals surface area contributed by atoms with E-state index in [9.17, 15) is 4.79 Å². The number of hydrogen-bond acceptors (Lipinski definition) is 4. The van der Waals surface area contributed by atoms with Gasteiger partial charge in [-0.2, -0.15) is 0 Å². The highest BCUT2D eigenvalue weighted by atomic mass is 79.9. The molecule has 1 unspecified atom stereocenters. The van der Waals surface area contributed by atoms with Crippen molar-refractivity contribution in [2.45, 2.75) is 13.0 Å². The van der Waals surface area contributed by atoms with E-state index >= 15 is 0 Å². The van der Waals surface area contributed by atoms with Gasteiger partial charge in [-0.3, -0.25) is 4.79 Å². The zero-order valence-electron chi connectivity index (χ0n) is 9.96. The van der Waals surface area contributed by atoms with Gasteiger partial charge in [-0.15, -0.1) is 11.3 Å². The third kappa shape index (κ3) is 5.63. The van der Waals surface area contributed by atoms with Crippen molar-refractivity contribution in [3.8, 4) is 0 Å². The van der Waals surface area contributed by atoms with Gasteiger partial charge in [0.1, 0.15) is 0 Å². The molecule has 6 heteroatoms. The van der Waals surface area contributed by atoms with Crippen molar-refractivity contribution in [3.05, 3.63) is 20.8 Å². The van der Waals surface area contributed by atoms with E-state index in [4.69, 9.17) is 4.74 Å². The van der Waals surface area contributed by atoms with Crippen LogP contribution in [0.5, 0.6) is 0 Å². The van der Waals surface area contributed by atoms with Gasteiger partial charge in [0, 0.05) is 24.6 Å². The normalized spacial score (nSPS) is 12.4. The molecule has 0 aliphatic heterocycles. The first-order valence-electron chi connectivity index (χ1n) is 5.37. The maximum Gasteiger partial charge on any atom is 0.234 e. The largest absolute Gasteiger partial charge is 0.383 e. The number of carbonyl (C=O) groups excluding carboxylic acids is 1. The Kier molecular flexibility index (Phi) is 6.72. The number of ether oxygens (including phenoxy) is 1. The average Bonchev–Trinajstić information content (AvgIpc) is 2.73. The summed E-state index contributed by atoms with van der Waals surface area (Å²) < 4.78 is 5.95. The molecule has 1 atom stereocenters. The minimum atomic E-state index is -0.00970. The molecule has 0 saturated carbocycles. The molecule has 0 aliphatic rings. The van der Waals surface area contributed by atoms with Crippen LogP contribution in [0, 0.1) is 0 Å². The lowest BCUT2D eigenvalue weighted by molar-refractivity contribution is -0.120. The van der Waals surface area contributed by atoms with Crippen LogP contribution >= 0.6 is 27.3 Å². The molecular formula is C11H17BrN2O2S. The minimum Gasteiger partial charge on any atom is -0.383 e. The highest BCUT2D eigenvalue weighted by Crippen LogP contribution is 2.26. The summed E-state index contributed by atoms with van der Waals surface area (Å²) in [6.07, 6.45) is 0. The first kappa shape index (κ1) is 14.6. The Balaban J connectivity index is 2.23. The number of methoxy groups -OCH3 is 1. The van der Waals surface area contributed by atoms with E-state index in [1.807, 2.05) is 13.0 Å². The summed E-state index contributed by atoms with van der Waals surface area (Å²) in [6.45, 7) is 3.45. The fourth-order valence-corrected chi connectivity index (χ4v) is 2.71. The van der Waals surface area contributed by atoms with E-state index in [0.717, 1.165) is 3.79 Å². The van der Waals surface area contributed by atoms with E-state index in [-0.39, 0.29) is 11.9 Å². The van der Waals surface area contributed by atoms with Gasteiger partial charge in [0.25, 0.3) is 0 Å². The molecule has 2 N–H and O–H groups in total. The topological polar surface area (TPSA) is 50.4 Å². The second-order valence-electron chi connectivity index (χ2n) is 3.59. The molecule has 1 amide bonds. The summed E-state index contributed by atoms with van der Waals surface area (Å²) in [5.74, 6) is -0.00970. The van der Waals surface area contributed by atoms with Crippen LogP contribution in [0.1, 0.15) is 17.8 Å². The molecule has 0 radical (unpaired) electrons. The first-order valence-corrected chi connectivity index (χ1v) is 6.98. The molecule has 0 aromatic carbocycles. The van der Waals surface area contributed by atoms with Gasteiger partial charge >= 0.3 is 0 Å². The zero-order valence-corrected chi connectivity index (χ0v) is 12.4. The van der Waals surface area contributed by atoms with Crippen molar-refractivity contribution >= 4 is 33.2 Å². The fraction of sp³-hybridized carbons (Fsp3) is 0.545. The number of hydrogen-bond donors (Lipinski definition) is 2. The lowest BCUT2D eigenvalue weighted by atomic mass is 10.3. The van der Waals surface area contributed by atoms with Crippen molar-refractivity contribution in [2.24, 2.45) is 0 Å². The van der Waals surface area contributed by atoms with Gasteiger partial charge in [0.2, 0.25) is 5.91 Å². The zero-order chi connectivity index (χ0) is 12.7. The SMILES string of the molecule is COCCNC(=O)CNC(C)c1ccc(Br)s1. The Hall–Kier alpha value is -0.430. The van der Waals surface area contributed by atoms with Crippen LogP contribution in [0.15, 0.2) is 15.9 Å². The summed E-state index contributed by atoms with van der Waals surface area (Å²) >= 11 is 5.09. The lowest BCUT2D eigenvalue weighted by Gasteiger charge is -2.11.